The summed E-state index contributed by atoms with van der Waals surface area (Å²) >= 11 is 0. The molecule has 7 heteroatoms. The zero-order valence-corrected chi connectivity index (χ0v) is 12.5. The summed E-state index contributed by atoms with van der Waals surface area (Å²) < 4.78 is 7.11. The lowest BCUT2D eigenvalue weighted by molar-refractivity contribution is -0.125. The van der Waals surface area contributed by atoms with Gasteiger partial charge >= 0.3 is 0 Å². The molecular formula is C14H23N5O2. The molecule has 1 aliphatic heterocycles. The van der Waals surface area contributed by atoms with Gasteiger partial charge in [-0.3, -0.25) is 4.79 Å². The van der Waals surface area contributed by atoms with E-state index in [0.29, 0.717) is 12.4 Å². The van der Waals surface area contributed by atoms with Gasteiger partial charge < -0.3 is 10.1 Å². The second-order valence-electron chi connectivity index (χ2n) is 6.22. The third-order valence-electron chi connectivity index (χ3n) is 4.67. The number of ether oxygens (including phenoxy) is 1. The molecule has 1 fully saturated rings. The Morgan fingerprint density at radius 1 is 1.38 bits per heavy atom. The first kappa shape index (κ1) is 14.4. The molecule has 0 unspecified atom stereocenters. The zero-order valence-electron chi connectivity index (χ0n) is 12.5. The van der Waals surface area contributed by atoms with Crippen LogP contribution in [0.25, 0.3) is 0 Å². The highest BCUT2D eigenvalue weighted by molar-refractivity contribution is 5.83. The first-order valence-corrected chi connectivity index (χ1v) is 7.81. The third-order valence-corrected chi connectivity index (χ3v) is 4.67. The van der Waals surface area contributed by atoms with E-state index in [1.54, 1.807) is 11.8 Å². The number of aromatic nitrogens is 4. The van der Waals surface area contributed by atoms with E-state index in [2.05, 4.69) is 20.8 Å². The van der Waals surface area contributed by atoms with Gasteiger partial charge in [-0.1, -0.05) is 19.3 Å². The van der Waals surface area contributed by atoms with Crippen LogP contribution in [-0.2, 0) is 16.1 Å². The molecule has 1 aromatic rings. The van der Waals surface area contributed by atoms with Gasteiger partial charge in [-0.05, 0) is 36.1 Å². The number of carbonyl (C=O) groups is 1. The average molecular weight is 293 g/mol. The third kappa shape index (κ3) is 2.92. The number of amides is 1. The van der Waals surface area contributed by atoms with E-state index >= 15 is 0 Å². The maximum absolute atomic E-state index is 12.8. The van der Waals surface area contributed by atoms with Crippen molar-refractivity contribution in [2.24, 2.45) is 0 Å². The summed E-state index contributed by atoms with van der Waals surface area (Å²) in [5, 5.41) is 15.0. The van der Waals surface area contributed by atoms with Gasteiger partial charge in [-0.15, -0.1) is 5.10 Å². The second kappa shape index (κ2) is 6.09. The molecule has 2 heterocycles. The molecule has 0 spiro atoms. The van der Waals surface area contributed by atoms with Crippen LogP contribution in [0.2, 0.25) is 0 Å². The molecule has 0 bridgehead atoms. The van der Waals surface area contributed by atoms with Crippen LogP contribution in [0.5, 0.6) is 0 Å². The van der Waals surface area contributed by atoms with E-state index in [4.69, 9.17) is 4.74 Å². The highest BCUT2D eigenvalue weighted by atomic mass is 16.5. The monoisotopic (exact) mass is 293 g/mol. The number of hydrogen-bond acceptors (Lipinski definition) is 5. The Labute approximate surface area is 124 Å². The molecule has 1 amide bonds. The van der Waals surface area contributed by atoms with Gasteiger partial charge in [0, 0.05) is 13.7 Å². The number of methoxy groups -OCH3 is 1. The summed E-state index contributed by atoms with van der Waals surface area (Å²) in [5.41, 5.74) is -0.198. The lowest BCUT2D eigenvalue weighted by Gasteiger charge is -2.31. The summed E-state index contributed by atoms with van der Waals surface area (Å²) in [5.74, 6) is 0.513. The molecule has 1 aromatic heterocycles. The van der Waals surface area contributed by atoms with Crippen LogP contribution in [0.4, 0.5) is 0 Å². The van der Waals surface area contributed by atoms with Crippen molar-refractivity contribution >= 4 is 5.91 Å². The lowest BCUT2D eigenvalue weighted by atomic mass is 9.95. The summed E-state index contributed by atoms with van der Waals surface area (Å²) in [6.45, 7) is 1.38. The van der Waals surface area contributed by atoms with Crippen LogP contribution in [0.15, 0.2) is 0 Å². The van der Waals surface area contributed by atoms with Gasteiger partial charge in [0.05, 0.1) is 18.1 Å². The smallest absolute Gasteiger partial charge is 0.231 e. The fourth-order valence-electron chi connectivity index (χ4n) is 3.59. The summed E-state index contributed by atoms with van der Waals surface area (Å²) in [4.78, 5) is 12.8. The number of aryl methyl sites for hydroxylation is 1. The van der Waals surface area contributed by atoms with Gasteiger partial charge in [-0.25, -0.2) is 4.68 Å². The number of hydrogen-bond donors (Lipinski definition) is 1. The Balaban J connectivity index is 1.76. The van der Waals surface area contributed by atoms with Crippen molar-refractivity contribution in [3.05, 3.63) is 5.82 Å². The van der Waals surface area contributed by atoms with E-state index < -0.39 is 0 Å². The largest absolute Gasteiger partial charge is 0.382 e. The van der Waals surface area contributed by atoms with Gasteiger partial charge in [0.2, 0.25) is 5.91 Å². The Morgan fingerprint density at radius 2 is 2.19 bits per heavy atom. The van der Waals surface area contributed by atoms with Gasteiger partial charge in [0.1, 0.15) is 0 Å². The van der Waals surface area contributed by atoms with Gasteiger partial charge in [-0.2, -0.15) is 0 Å². The molecule has 1 aliphatic carbocycles. The number of tetrazole rings is 1. The molecule has 7 nitrogen and oxygen atoms in total. The quantitative estimate of drug-likeness (QED) is 0.896. The Hall–Kier alpha value is -1.50. The molecule has 21 heavy (non-hydrogen) atoms. The molecule has 2 aliphatic rings. The highest BCUT2D eigenvalue weighted by Gasteiger charge is 2.38. The number of fused-ring (bicyclic) bond motifs is 1. The lowest BCUT2D eigenvalue weighted by Crippen LogP contribution is -2.51. The van der Waals surface area contributed by atoms with Crippen LogP contribution >= 0.6 is 0 Å². The minimum absolute atomic E-state index is 0.0481. The summed E-state index contributed by atoms with van der Waals surface area (Å²) in [6, 6.07) is 0. The van der Waals surface area contributed by atoms with E-state index in [1.165, 1.54) is 0 Å². The van der Waals surface area contributed by atoms with Crippen LogP contribution in [0, 0.1) is 0 Å². The topological polar surface area (TPSA) is 81.9 Å². The molecule has 1 atom stereocenters. The standard InChI is InChI=1S/C14H23N5O2/c1-21-10-14(7-3-4-8-14)15-13(20)11-6-2-5-9-19-12(11)16-17-18-19/h11H,2-10H2,1H3,(H,15,20)/t11-/m1/s1. The number of rotatable bonds is 4. The highest BCUT2D eigenvalue weighted by Crippen LogP contribution is 2.32. The van der Waals surface area contributed by atoms with Crippen LogP contribution in [-0.4, -0.2) is 45.4 Å². The van der Waals surface area contributed by atoms with Crippen LogP contribution in [0.1, 0.15) is 56.7 Å². The average Bonchev–Trinajstić information content (AvgIpc) is 3.06. The van der Waals surface area contributed by atoms with E-state index in [1.807, 2.05) is 0 Å². The molecule has 1 saturated carbocycles. The van der Waals surface area contributed by atoms with Crippen molar-refractivity contribution in [3.63, 3.8) is 0 Å². The number of nitrogens with zero attached hydrogens (tertiary/aromatic N) is 4. The zero-order chi connectivity index (χ0) is 14.7. The minimum atomic E-state index is -0.239. The molecule has 0 radical (unpaired) electrons. The molecule has 116 valence electrons. The maximum atomic E-state index is 12.8. The van der Waals surface area contributed by atoms with Crippen LogP contribution in [0.3, 0.4) is 0 Å². The predicted octanol–water partition coefficient (Wildman–Crippen LogP) is 1.02. The Bertz CT molecular complexity index is 495. The summed E-state index contributed by atoms with van der Waals surface area (Å²) in [6.07, 6.45) is 7.12. The van der Waals surface area contributed by atoms with Crippen molar-refractivity contribution in [3.8, 4) is 0 Å². The van der Waals surface area contributed by atoms with E-state index in [-0.39, 0.29) is 17.4 Å². The minimum Gasteiger partial charge on any atom is -0.382 e. The fraction of sp³-hybridized carbons (Fsp3) is 0.857. The van der Waals surface area contributed by atoms with Crippen molar-refractivity contribution in [1.82, 2.24) is 25.5 Å². The first-order valence-electron chi connectivity index (χ1n) is 7.81. The Kier molecular flexibility index (Phi) is 4.19. The molecular weight excluding hydrogens is 270 g/mol. The van der Waals surface area contributed by atoms with Gasteiger partial charge in [0.15, 0.2) is 5.82 Å². The molecule has 0 aromatic carbocycles. The van der Waals surface area contributed by atoms with Crippen LogP contribution < -0.4 is 5.32 Å². The van der Waals surface area contributed by atoms with E-state index in [0.717, 1.165) is 51.5 Å². The van der Waals surface area contributed by atoms with Crippen molar-refractivity contribution < 1.29 is 9.53 Å². The van der Waals surface area contributed by atoms with Crippen molar-refractivity contribution in [1.29, 1.82) is 0 Å². The van der Waals surface area contributed by atoms with Crippen molar-refractivity contribution in [2.75, 3.05) is 13.7 Å². The fourth-order valence-corrected chi connectivity index (χ4v) is 3.59. The Morgan fingerprint density at radius 3 is 2.95 bits per heavy atom. The number of nitrogens with one attached hydrogen (secondary N) is 1. The normalized spacial score (nSPS) is 24.3. The maximum Gasteiger partial charge on any atom is 0.231 e. The molecule has 3 rings (SSSR count). The molecule has 0 saturated heterocycles. The van der Waals surface area contributed by atoms with E-state index in [9.17, 15) is 4.79 Å². The van der Waals surface area contributed by atoms with Gasteiger partial charge in [0.25, 0.3) is 0 Å². The molecule has 1 N–H and O–H groups in total. The number of carbonyl (C=O) groups excluding carboxylic acids is 1. The van der Waals surface area contributed by atoms with Crippen molar-refractivity contribution in [2.45, 2.75) is 62.9 Å². The second-order valence-corrected chi connectivity index (χ2v) is 6.22. The predicted molar refractivity (Wildman–Crippen MR) is 75.6 cm³/mol. The first-order chi connectivity index (χ1) is 10.2. The summed E-state index contributed by atoms with van der Waals surface area (Å²) in [7, 11) is 1.69. The SMILES string of the molecule is COCC1(NC(=O)[C@@H]2CCCCn3nnnc32)CCCC1.